The second-order valence-electron chi connectivity index (χ2n) is 5.24. The van der Waals surface area contributed by atoms with E-state index in [4.69, 9.17) is 5.14 Å². The summed E-state index contributed by atoms with van der Waals surface area (Å²) in [5.74, 6) is 0.0996. The highest BCUT2D eigenvalue weighted by Gasteiger charge is 2.34. The molecule has 162 valence electrons. The van der Waals surface area contributed by atoms with Crippen LogP contribution in [0.25, 0.3) is 11.8 Å². The zero-order valence-corrected chi connectivity index (χ0v) is 17.8. The van der Waals surface area contributed by atoms with Crippen molar-refractivity contribution in [3.63, 3.8) is 0 Å². The first-order valence-corrected chi connectivity index (χ1v) is 10.5. The van der Waals surface area contributed by atoms with E-state index in [0.717, 1.165) is 12.7 Å². The van der Waals surface area contributed by atoms with Crippen LogP contribution in [0.2, 0.25) is 0 Å². The van der Waals surface area contributed by atoms with Crippen LogP contribution in [-0.2, 0) is 16.2 Å². The fourth-order valence-corrected chi connectivity index (χ4v) is 2.39. The average molecular weight is 433 g/mol. The van der Waals surface area contributed by atoms with E-state index in [1.54, 1.807) is 6.08 Å². The van der Waals surface area contributed by atoms with Crippen molar-refractivity contribution in [1.29, 1.82) is 0 Å². The zero-order chi connectivity index (χ0) is 22.7. The number of nitrogens with zero attached hydrogens (tertiary/aromatic N) is 3. The maximum absolute atomic E-state index is 12.8. The standard InChI is InChI=1S/C14H14F3N3O2S.C3H7N.C2H6/c1-2-3-4-13-19-12(14(15,16)17)9-20(13)10-5-7-11(8-6-10)23(18,21)22;1-3-4-2;1-2/h3-9H,2H2,1H3,(H2,18,21,22);2-3H2,1H3;1-2H3/b4-3+;;. The lowest BCUT2D eigenvalue weighted by Crippen LogP contribution is -2.12. The van der Waals surface area contributed by atoms with Crippen molar-refractivity contribution in [1.82, 2.24) is 9.55 Å². The van der Waals surface area contributed by atoms with Crippen LogP contribution in [0, 0.1) is 0 Å². The number of imidazole rings is 1. The van der Waals surface area contributed by atoms with E-state index in [9.17, 15) is 21.6 Å². The van der Waals surface area contributed by atoms with Gasteiger partial charge in [0.15, 0.2) is 5.69 Å². The number of allylic oxidation sites excluding steroid dienone is 1. The summed E-state index contributed by atoms with van der Waals surface area (Å²) in [5, 5.41) is 5.00. The monoisotopic (exact) mass is 432 g/mol. The van der Waals surface area contributed by atoms with Gasteiger partial charge in [-0.3, -0.25) is 4.57 Å². The molecule has 2 aromatic rings. The molecule has 0 unspecified atom stereocenters. The summed E-state index contributed by atoms with van der Waals surface area (Å²) in [4.78, 5) is 6.94. The summed E-state index contributed by atoms with van der Waals surface area (Å²) >= 11 is 0. The van der Waals surface area contributed by atoms with Gasteiger partial charge in [0.2, 0.25) is 10.0 Å². The highest BCUT2D eigenvalue weighted by molar-refractivity contribution is 7.89. The average Bonchev–Trinajstić information content (AvgIpc) is 3.12. The van der Waals surface area contributed by atoms with Crippen LogP contribution in [-0.4, -0.2) is 31.2 Å². The predicted octanol–water partition coefficient (Wildman–Crippen LogP) is 4.69. The lowest BCUT2D eigenvalue weighted by molar-refractivity contribution is -0.140. The third-order valence-electron chi connectivity index (χ3n) is 3.19. The van der Waals surface area contributed by atoms with Crippen LogP contribution in [0.15, 0.2) is 46.4 Å². The Labute approximate surface area is 170 Å². The second-order valence-corrected chi connectivity index (χ2v) is 6.80. The van der Waals surface area contributed by atoms with E-state index in [0.29, 0.717) is 12.1 Å². The molecule has 0 radical (unpaired) electrons. The predicted molar refractivity (Wildman–Crippen MR) is 111 cm³/mol. The summed E-state index contributed by atoms with van der Waals surface area (Å²) in [7, 11) is -3.86. The Kier molecular flexibility index (Phi) is 11.1. The molecule has 1 heterocycles. The van der Waals surface area contributed by atoms with Crippen LogP contribution in [0.4, 0.5) is 13.2 Å². The largest absolute Gasteiger partial charge is 0.434 e. The Morgan fingerprint density at radius 2 is 1.72 bits per heavy atom. The smallest absolute Gasteiger partial charge is 0.301 e. The Morgan fingerprint density at radius 1 is 1.21 bits per heavy atom. The third-order valence-corrected chi connectivity index (χ3v) is 4.12. The second kappa shape index (κ2) is 12.2. The summed E-state index contributed by atoms with van der Waals surface area (Å²) in [6, 6.07) is 5.19. The molecule has 0 aliphatic carbocycles. The lowest BCUT2D eigenvalue weighted by Gasteiger charge is -2.06. The van der Waals surface area contributed by atoms with Crippen LogP contribution < -0.4 is 5.14 Å². The van der Waals surface area contributed by atoms with E-state index in [2.05, 4.69) is 16.7 Å². The zero-order valence-electron chi connectivity index (χ0n) is 16.9. The number of primary sulfonamides is 1. The van der Waals surface area contributed by atoms with Gasteiger partial charge in [0.05, 0.1) is 4.90 Å². The number of aromatic nitrogens is 2. The van der Waals surface area contributed by atoms with Crippen molar-refractivity contribution < 1.29 is 21.6 Å². The molecule has 2 rings (SSSR count). The Hall–Kier alpha value is -2.46. The molecule has 1 aromatic carbocycles. The Balaban J connectivity index is 0.00000116. The topological polar surface area (TPSA) is 90.3 Å². The molecule has 0 aliphatic heterocycles. The van der Waals surface area contributed by atoms with Crippen LogP contribution in [0.3, 0.4) is 0 Å². The molecule has 2 N–H and O–H groups in total. The van der Waals surface area contributed by atoms with Gasteiger partial charge in [0.1, 0.15) is 5.82 Å². The number of alkyl halides is 3. The number of benzene rings is 1. The number of aliphatic imine (C=N–C) groups is 1. The highest BCUT2D eigenvalue weighted by atomic mass is 32.2. The molecular weight excluding hydrogens is 405 g/mol. The summed E-state index contributed by atoms with van der Waals surface area (Å²) < 4.78 is 62.2. The number of rotatable bonds is 5. The number of halogens is 3. The van der Waals surface area contributed by atoms with Gasteiger partial charge >= 0.3 is 6.18 Å². The minimum absolute atomic E-state index is 0.0996. The molecule has 1 aromatic heterocycles. The van der Waals surface area contributed by atoms with Crippen molar-refractivity contribution in [2.24, 2.45) is 10.1 Å². The number of nitrogens with two attached hydrogens (primary N) is 1. The van der Waals surface area contributed by atoms with Gasteiger partial charge in [-0.05, 0) is 50.4 Å². The SMILES string of the molecule is C=NCC.CC.CC/C=C/c1nc(C(F)(F)F)cn1-c1ccc(S(N)(=O)=O)cc1. The van der Waals surface area contributed by atoms with Gasteiger partial charge in [-0.2, -0.15) is 13.2 Å². The van der Waals surface area contributed by atoms with E-state index in [-0.39, 0.29) is 10.7 Å². The van der Waals surface area contributed by atoms with Gasteiger partial charge in [0, 0.05) is 18.4 Å². The number of sulfonamides is 1. The molecule has 0 aliphatic rings. The molecule has 0 bridgehead atoms. The molecule has 6 nitrogen and oxygen atoms in total. The van der Waals surface area contributed by atoms with E-state index in [1.165, 1.54) is 34.9 Å². The molecule has 10 heteroatoms. The van der Waals surface area contributed by atoms with Crippen molar-refractivity contribution in [2.45, 2.75) is 45.2 Å². The molecule has 0 fully saturated rings. The van der Waals surface area contributed by atoms with E-state index in [1.807, 2.05) is 27.7 Å². The maximum atomic E-state index is 12.8. The molecular formula is C19H27F3N4O2S. The van der Waals surface area contributed by atoms with Crippen molar-refractivity contribution in [3.8, 4) is 5.69 Å². The molecule has 0 amide bonds. The van der Waals surface area contributed by atoms with E-state index < -0.39 is 21.9 Å². The molecule has 0 spiro atoms. The molecule has 0 saturated heterocycles. The van der Waals surface area contributed by atoms with Gasteiger partial charge in [-0.1, -0.05) is 26.8 Å². The minimum atomic E-state index is -4.57. The fourth-order valence-electron chi connectivity index (χ4n) is 1.88. The van der Waals surface area contributed by atoms with Gasteiger partial charge in [-0.15, -0.1) is 0 Å². The summed E-state index contributed by atoms with van der Waals surface area (Å²) in [5.41, 5.74) is -0.681. The summed E-state index contributed by atoms with van der Waals surface area (Å²) in [6.07, 6.45) is 0.0843. The Morgan fingerprint density at radius 3 is 2.10 bits per heavy atom. The van der Waals surface area contributed by atoms with Crippen LogP contribution >= 0.6 is 0 Å². The normalized spacial score (nSPS) is 11.3. The van der Waals surface area contributed by atoms with Crippen LogP contribution in [0.1, 0.15) is 45.6 Å². The quantitative estimate of drug-likeness (QED) is 0.695. The maximum Gasteiger partial charge on any atom is 0.434 e. The van der Waals surface area contributed by atoms with E-state index >= 15 is 0 Å². The summed E-state index contributed by atoms with van der Waals surface area (Å²) in [6.45, 7) is 11.9. The number of hydrogen-bond acceptors (Lipinski definition) is 4. The molecule has 0 saturated carbocycles. The first-order chi connectivity index (χ1) is 13.5. The van der Waals surface area contributed by atoms with Gasteiger partial charge in [0.25, 0.3) is 0 Å². The van der Waals surface area contributed by atoms with Gasteiger partial charge in [-0.25, -0.2) is 18.5 Å². The van der Waals surface area contributed by atoms with Crippen molar-refractivity contribution >= 4 is 22.8 Å². The first-order valence-electron chi connectivity index (χ1n) is 8.93. The Bertz CT molecular complexity index is 887. The molecule has 0 atom stereocenters. The van der Waals surface area contributed by atoms with Crippen molar-refractivity contribution in [2.75, 3.05) is 6.54 Å². The number of hydrogen-bond donors (Lipinski definition) is 1. The lowest BCUT2D eigenvalue weighted by atomic mass is 10.3. The van der Waals surface area contributed by atoms with Crippen LogP contribution in [0.5, 0.6) is 0 Å². The molecule has 29 heavy (non-hydrogen) atoms. The first kappa shape index (κ1) is 26.5. The fraction of sp³-hybridized carbons (Fsp3) is 0.368. The highest BCUT2D eigenvalue weighted by Crippen LogP contribution is 2.30. The van der Waals surface area contributed by atoms with Crippen molar-refractivity contribution in [3.05, 3.63) is 48.1 Å². The minimum Gasteiger partial charge on any atom is -0.301 e. The third kappa shape index (κ3) is 8.61. The van der Waals surface area contributed by atoms with Gasteiger partial charge < -0.3 is 4.99 Å².